The third-order valence-electron chi connectivity index (χ3n) is 3.11. The normalized spacial score (nSPS) is 10.3. The van der Waals surface area contributed by atoms with Gasteiger partial charge in [0.15, 0.2) is 0 Å². The highest BCUT2D eigenvalue weighted by molar-refractivity contribution is 5.94. The fourth-order valence-corrected chi connectivity index (χ4v) is 2.04. The van der Waals surface area contributed by atoms with Crippen LogP contribution in [0, 0.1) is 0 Å². The molecule has 0 spiro atoms. The number of hydrogen-bond donors (Lipinski definition) is 2. The SMILES string of the molecule is NC(=O)c1ccccc1CNCCCOc1ccccc1. The van der Waals surface area contributed by atoms with Gasteiger partial charge in [0, 0.05) is 12.1 Å². The van der Waals surface area contributed by atoms with E-state index in [4.69, 9.17) is 10.5 Å². The summed E-state index contributed by atoms with van der Waals surface area (Å²) in [7, 11) is 0. The number of carbonyl (C=O) groups is 1. The van der Waals surface area contributed by atoms with Crippen LogP contribution in [0.1, 0.15) is 22.3 Å². The number of rotatable bonds is 8. The Balaban J connectivity index is 1.67. The summed E-state index contributed by atoms with van der Waals surface area (Å²) in [6.45, 7) is 2.11. The standard InChI is InChI=1S/C17H20N2O2/c18-17(20)16-10-5-4-7-14(16)13-19-11-6-12-21-15-8-2-1-3-9-15/h1-5,7-10,19H,6,11-13H2,(H2,18,20). The van der Waals surface area contributed by atoms with Gasteiger partial charge >= 0.3 is 0 Å². The van der Waals surface area contributed by atoms with Crippen molar-refractivity contribution in [1.29, 1.82) is 0 Å². The summed E-state index contributed by atoms with van der Waals surface area (Å²) in [6.07, 6.45) is 0.896. The molecule has 0 atom stereocenters. The molecule has 0 bridgehead atoms. The molecule has 0 unspecified atom stereocenters. The van der Waals surface area contributed by atoms with Crippen molar-refractivity contribution in [3.05, 3.63) is 65.7 Å². The molecule has 21 heavy (non-hydrogen) atoms. The fourth-order valence-electron chi connectivity index (χ4n) is 2.04. The Morgan fingerprint density at radius 2 is 1.76 bits per heavy atom. The highest BCUT2D eigenvalue weighted by Crippen LogP contribution is 2.09. The molecule has 4 nitrogen and oxygen atoms in total. The van der Waals surface area contributed by atoms with Gasteiger partial charge in [-0.1, -0.05) is 36.4 Å². The zero-order valence-corrected chi connectivity index (χ0v) is 11.9. The van der Waals surface area contributed by atoms with E-state index >= 15 is 0 Å². The van der Waals surface area contributed by atoms with Crippen LogP contribution in [-0.4, -0.2) is 19.1 Å². The van der Waals surface area contributed by atoms with Crippen molar-refractivity contribution in [3.63, 3.8) is 0 Å². The van der Waals surface area contributed by atoms with E-state index in [1.165, 1.54) is 0 Å². The van der Waals surface area contributed by atoms with Gasteiger partial charge in [0.05, 0.1) is 6.61 Å². The second-order valence-corrected chi connectivity index (χ2v) is 4.71. The number of nitrogens with one attached hydrogen (secondary N) is 1. The van der Waals surface area contributed by atoms with E-state index in [0.29, 0.717) is 18.7 Å². The summed E-state index contributed by atoms with van der Waals surface area (Å²) in [6, 6.07) is 17.1. The highest BCUT2D eigenvalue weighted by atomic mass is 16.5. The van der Waals surface area contributed by atoms with Gasteiger partial charge in [0.2, 0.25) is 5.91 Å². The molecular weight excluding hydrogens is 264 g/mol. The molecule has 0 heterocycles. The summed E-state index contributed by atoms with van der Waals surface area (Å²) >= 11 is 0. The molecule has 4 heteroatoms. The van der Waals surface area contributed by atoms with E-state index in [9.17, 15) is 4.79 Å². The minimum Gasteiger partial charge on any atom is -0.494 e. The molecule has 2 aromatic rings. The molecule has 0 fully saturated rings. The average molecular weight is 284 g/mol. The lowest BCUT2D eigenvalue weighted by atomic mass is 10.1. The van der Waals surface area contributed by atoms with Gasteiger partial charge < -0.3 is 15.8 Å². The smallest absolute Gasteiger partial charge is 0.249 e. The van der Waals surface area contributed by atoms with Crippen molar-refractivity contribution in [2.24, 2.45) is 5.73 Å². The van der Waals surface area contributed by atoms with Gasteiger partial charge in [-0.2, -0.15) is 0 Å². The van der Waals surface area contributed by atoms with Gasteiger partial charge in [-0.05, 0) is 36.7 Å². The summed E-state index contributed by atoms with van der Waals surface area (Å²) in [5.74, 6) is 0.497. The monoisotopic (exact) mass is 284 g/mol. The summed E-state index contributed by atoms with van der Waals surface area (Å²) in [5.41, 5.74) is 6.84. The maximum Gasteiger partial charge on any atom is 0.249 e. The van der Waals surface area contributed by atoms with E-state index in [0.717, 1.165) is 24.3 Å². The van der Waals surface area contributed by atoms with E-state index in [1.54, 1.807) is 6.07 Å². The number of amides is 1. The van der Waals surface area contributed by atoms with E-state index in [1.807, 2.05) is 48.5 Å². The van der Waals surface area contributed by atoms with Crippen LogP contribution in [0.25, 0.3) is 0 Å². The van der Waals surface area contributed by atoms with Crippen LogP contribution in [0.4, 0.5) is 0 Å². The molecular formula is C17H20N2O2. The second-order valence-electron chi connectivity index (χ2n) is 4.71. The Bertz CT molecular complexity index is 570. The number of para-hydroxylation sites is 1. The third-order valence-corrected chi connectivity index (χ3v) is 3.11. The van der Waals surface area contributed by atoms with Gasteiger partial charge in [0.1, 0.15) is 5.75 Å². The van der Waals surface area contributed by atoms with Crippen molar-refractivity contribution in [3.8, 4) is 5.75 Å². The summed E-state index contributed by atoms with van der Waals surface area (Å²) in [5, 5.41) is 3.30. The predicted molar refractivity (Wildman–Crippen MR) is 83.2 cm³/mol. The molecule has 2 rings (SSSR count). The number of ether oxygens (including phenoxy) is 1. The van der Waals surface area contributed by atoms with Crippen LogP contribution in [0.3, 0.4) is 0 Å². The van der Waals surface area contributed by atoms with Crippen LogP contribution in [-0.2, 0) is 6.54 Å². The molecule has 3 N–H and O–H groups in total. The van der Waals surface area contributed by atoms with Crippen LogP contribution in [0.2, 0.25) is 0 Å². The molecule has 0 aliphatic rings. The minimum absolute atomic E-state index is 0.389. The molecule has 2 aromatic carbocycles. The topological polar surface area (TPSA) is 64.4 Å². The quantitative estimate of drug-likeness (QED) is 0.731. The molecule has 0 saturated heterocycles. The van der Waals surface area contributed by atoms with Crippen molar-refractivity contribution < 1.29 is 9.53 Å². The first kappa shape index (κ1) is 15.1. The van der Waals surface area contributed by atoms with E-state index in [-0.39, 0.29) is 5.91 Å². The molecule has 0 aliphatic carbocycles. The Morgan fingerprint density at radius 1 is 1.05 bits per heavy atom. The van der Waals surface area contributed by atoms with Crippen LogP contribution >= 0.6 is 0 Å². The lowest BCUT2D eigenvalue weighted by Gasteiger charge is -2.09. The Morgan fingerprint density at radius 3 is 2.52 bits per heavy atom. The van der Waals surface area contributed by atoms with Gasteiger partial charge in [-0.25, -0.2) is 0 Å². The number of carbonyl (C=O) groups excluding carboxylic acids is 1. The largest absolute Gasteiger partial charge is 0.494 e. The Labute approximate surface area is 124 Å². The van der Waals surface area contributed by atoms with Crippen LogP contribution < -0.4 is 15.8 Å². The molecule has 0 aliphatic heterocycles. The lowest BCUT2D eigenvalue weighted by Crippen LogP contribution is -2.20. The van der Waals surface area contributed by atoms with Gasteiger partial charge in [-0.3, -0.25) is 4.79 Å². The number of primary amides is 1. The van der Waals surface area contributed by atoms with Crippen molar-refractivity contribution in [2.45, 2.75) is 13.0 Å². The second kappa shape index (κ2) is 8.07. The molecule has 1 amide bonds. The number of hydrogen-bond acceptors (Lipinski definition) is 3. The first-order valence-electron chi connectivity index (χ1n) is 7.03. The zero-order chi connectivity index (χ0) is 14.9. The molecule has 0 radical (unpaired) electrons. The van der Waals surface area contributed by atoms with Gasteiger partial charge in [-0.15, -0.1) is 0 Å². The third kappa shape index (κ3) is 4.93. The predicted octanol–water partition coefficient (Wildman–Crippen LogP) is 2.34. The first-order chi connectivity index (χ1) is 10.3. The van der Waals surface area contributed by atoms with Crippen LogP contribution in [0.5, 0.6) is 5.75 Å². The minimum atomic E-state index is -0.389. The van der Waals surface area contributed by atoms with Crippen molar-refractivity contribution >= 4 is 5.91 Å². The molecule has 110 valence electrons. The molecule has 0 saturated carbocycles. The maximum atomic E-state index is 11.3. The maximum absolute atomic E-state index is 11.3. The Kier molecular flexibility index (Phi) is 5.79. The summed E-state index contributed by atoms with van der Waals surface area (Å²) < 4.78 is 5.61. The zero-order valence-electron chi connectivity index (χ0n) is 11.9. The lowest BCUT2D eigenvalue weighted by molar-refractivity contribution is 0.0999. The summed E-state index contributed by atoms with van der Waals surface area (Å²) in [4.78, 5) is 11.3. The van der Waals surface area contributed by atoms with E-state index in [2.05, 4.69) is 5.32 Å². The van der Waals surface area contributed by atoms with Crippen LogP contribution in [0.15, 0.2) is 54.6 Å². The number of benzene rings is 2. The average Bonchev–Trinajstić information content (AvgIpc) is 2.52. The van der Waals surface area contributed by atoms with Gasteiger partial charge in [0.25, 0.3) is 0 Å². The Hall–Kier alpha value is -2.33. The fraction of sp³-hybridized carbons (Fsp3) is 0.235. The molecule has 0 aromatic heterocycles. The first-order valence-corrected chi connectivity index (χ1v) is 7.03. The van der Waals surface area contributed by atoms with Crippen molar-refractivity contribution in [1.82, 2.24) is 5.32 Å². The highest BCUT2D eigenvalue weighted by Gasteiger charge is 2.05. The van der Waals surface area contributed by atoms with E-state index < -0.39 is 0 Å². The number of nitrogens with two attached hydrogens (primary N) is 1. The van der Waals surface area contributed by atoms with Crippen molar-refractivity contribution in [2.75, 3.05) is 13.2 Å².